The first-order chi connectivity index (χ1) is 8.59. The zero-order valence-electron chi connectivity index (χ0n) is 9.71. The van der Waals surface area contributed by atoms with Crippen molar-refractivity contribution in [2.24, 2.45) is 7.05 Å². The quantitative estimate of drug-likeness (QED) is 0.592. The number of aryl methyl sites for hydroxylation is 1. The average Bonchev–Trinajstić information content (AvgIpc) is 2.35. The molecule has 3 aromatic rings. The van der Waals surface area contributed by atoms with Crippen LogP contribution in [-0.4, -0.2) is 14.8 Å². The second-order valence-electron chi connectivity index (χ2n) is 4.27. The predicted octanol–water partition coefficient (Wildman–Crippen LogP) is 2.10. The molecule has 0 spiro atoms. The smallest absolute Gasteiger partial charge is 0.197 e. The zero-order chi connectivity index (χ0) is 12.9. The molecule has 0 unspecified atom stereocenters. The van der Waals surface area contributed by atoms with Crippen molar-refractivity contribution in [3.8, 4) is 11.5 Å². The van der Waals surface area contributed by atoms with Gasteiger partial charge in [-0.25, -0.2) is 0 Å². The normalized spacial score (nSPS) is 11.2. The molecule has 1 heterocycles. The number of phenolic OH excluding ortho intramolecular Hbond substituents is 2. The number of fused-ring (bicyclic) bond motifs is 2. The van der Waals surface area contributed by atoms with Gasteiger partial charge in [0.1, 0.15) is 11.5 Å². The van der Waals surface area contributed by atoms with Crippen molar-refractivity contribution in [3.05, 3.63) is 46.6 Å². The summed E-state index contributed by atoms with van der Waals surface area (Å²) in [4.78, 5) is 12.3. The second-order valence-corrected chi connectivity index (χ2v) is 4.27. The van der Waals surface area contributed by atoms with Gasteiger partial charge < -0.3 is 14.8 Å². The second kappa shape index (κ2) is 3.50. The molecule has 18 heavy (non-hydrogen) atoms. The first-order valence-corrected chi connectivity index (χ1v) is 5.53. The fourth-order valence-corrected chi connectivity index (χ4v) is 2.35. The minimum atomic E-state index is -0.190. The lowest BCUT2D eigenvalue weighted by atomic mass is 10.1. The number of para-hydroxylation sites is 1. The third kappa shape index (κ3) is 1.29. The molecular formula is C14H11NO3. The summed E-state index contributed by atoms with van der Waals surface area (Å²) >= 11 is 0. The molecule has 0 aliphatic heterocycles. The van der Waals surface area contributed by atoms with E-state index < -0.39 is 0 Å². The SMILES string of the molecule is Cn1c2ccccc2c(=O)c2cc(O)cc(O)c21. The topological polar surface area (TPSA) is 62.5 Å². The molecule has 0 saturated heterocycles. The van der Waals surface area contributed by atoms with Crippen molar-refractivity contribution in [1.29, 1.82) is 0 Å². The molecule has 1 aromatic heterocycles. The van der Waals surface area contributed by atoms with E-state index >= 15 is 0 Å². The summed E-state index contributed by atoms with van der Waals surface area (Å²) < 4.78 is 1.75. The molecule has 90 valence electrons. The molecule has 4 nitrogen and oxygen atoms in total. The molecule has 0 fully saturated rings. The van der Waals surface area contributed by atoms with Crippen molar-refractivity contribution in [2.75, 3.05) is 0 Å². The molecule has 0 amide bonds. The lowest BCUT2D eigenvalue weighted by Gasteiger charge is -2.11. The van der Waals surface area contributed by atoms with Gasteiger partial charge in [0.25, 0.3) is 0 Å². The molecular weight excluding hydrogens is 230 g/mol. The van der Waals surface area contributed by atoms with E-state index in [0.29, 0.717) is 16.3 Å². The van der Waals surface area contributed by atoms with Crippen LogP contribution in [0.25, 0.3) is 21.8 Å². The van der Waals surface area contributed by atoms with Gasteiger partial charge in [-0.1, -0.05) is 12.1 Å². The van der Waals surface area contributed by atoms with E-state index in [9.17, 15) is 15.0 Å². The Balaban J connectivity index is 2.72. The number of rotatable bonds is 0. The minimum Gasteiger partial charge on any atom is -0.508 e. The molecule has 0 radical (unpaired) electrons. The van der Waals surface area contributed by atoms with Crippen LogP contribution in [0.4, 0.5) is 0 Å². The highest BCUT2D eigenvalue weighted by Crippen LogP contribution is 2.29. The van der Waals surface area contributed by atoms with Crippen molar-refractivity contribution in [1.82, 2.24) is 4.57 Å². The van der Waals surface area contributed by atoms with E-state index in [1.165, 1.54) is 12.1 Å². The predicted molar refractivity (Wildman–Crippen MR) is 70.0 cm³/mol. The maximum Gasteiger partial charge on any atom is 0.197 e. The van der Waals surface area contributed by atoms with E-state index in [1.807, 2.05) is 12.1 Å². The van der Waals surface area contributed by atoms with Crippen LogP contribution >= 0.6 is 0 Å². The van der Waals surface area contributed by atoms with Gasteiger partial charge in [-0.3, -0.25) is 4.79 Å². The number of benzene rings is 2. The number of pyridine rings is 1. The van der Waals surface area contributed by atoms with Gasteiger partial charge in [0.15, 0.2) is 5.43 Å². The number of aromatic hydroxyl groups is 2. The molecule has 0 saturated carbocycles. The Kier molecular flexibility index (Phi) is 2.07. The van der Waals surface area contributed by atoms with Gasteiger partial charge >= 0.3 is 0 Å². The van der Waals surface area contributed by atoms with Crippen molar-refractivity contribution >= 4 is 21.8 Å². The van der Waals surface area contributed by atoms with E-state index in [2.05, 4.69) is 0 Å². The van der Waals surface area contributed by atoms with Crippen LogP contribution in [0, 0.1) is 0 Å². The number of aromatic nitrogens is 1. The molecule has 0 bridgehead atoms. The summed E-state index contributed by atoms with van der Waals surface area (Å²) in [6.45, 7) is 0. The van der Waals surface area contributed by atoms with E-state index in [0.717, 1.165) is 5.52 Å². The lowest BCUT2D eigenvalue weighted by molar-refractivity contribution is 0.453. The van der Waals surface area contributed by atoms with Gasteiger partial charge in [-0.05, 0) is 18.2 Å². The van der Waals surface area contributed by atoms with Crippen LogP contribution < -0.4 is 5.43 Å². The number of hydrogen-bond donors (Lipinski definition) is 2. The summed E-state index contributed by atoms with van der Waals surface area (Å²) in [5, 5.41) is 20.3. The standard InChI is InChI=1S/C14H11NO3/c1-15-11-5-3-2-4-9(11)14(18)10-6-8(16)7-12(17)13(10)15/h2-7,16-17H,1H3. The van der Waals surface area contributed by atoms with Crippen LogP contribution in [0.2, 0.25) is 0 Å². The van der Waals surface area contributed by atoms with E-state index in [-0.39, 0.29) is 16.9 Å². The Morgan fingerprint density at radius 3 is 2.56 bits per heavy atom. The van der Waals surface area contributed by atoms with Crippen LogP contribution in [0.15, 0.2) is 41.2 Å². The fraction of sp³-hybridized carbons (Fsp3) is 0.0714. The first-order valence-electron chi connectivity index (χ1n) is 5.53. The Hall–Kier alpha value is -2.49. The molecule has 2 aromatic carbocycles. The largest absolute Gasteiger partial charge is 0.508 e. The third-order valence-electron chi connectivity index (χ3n) is 3.16. The lowest BCUT2D eigenvalue weighted by Crippen LogP contribution is -2.08. The average molecular weight is 241 g/mol. The van der Waals surface area contributed by atoms with E-state index in [1.54, 1.807) is 23.7 Å². The third-order valence-corrected chi connectivity index (χ3v) is 3.16. The van der Waals surface area contributed by atoms with Crippen molar-refractivity contribution in [3.63, 3.8) is 0 Å². The van der Waals surface area contributed by atoms with E-state index in [4.69, 9.17) is 0 Å². The highest BCUT2D eigenvalue weighted by molar-refractivity contribution is 5.96. The van der Waals surface area contributed by atoms with Crippen molar-refractivity contribution < 1.29 is 10.2 Å². The maximum absolute atomic E-state index is 12.3. The molecule has 2 N–H and O–H groups in total. The summed E-state index contributed by atoms with van der Waals surface area (Å²) in [7, 11) is 1.78. The van der Waals surface area contributed by atoms with Gasteiger partial charge in [0.05, 0.1) is 16.4 Å². The maximum atomic E-state index is 12.3. The molecule has 0 aliphatic rings. The zero-order valence-corrected chi connectivity index (χ0v) is 9.71. The number of phenols is 2. The van der Waals surface area contributed by atoms with Crippen LogP contribution in [0.5, 0.6) is 11.5 Å². The van der Waals surface area contributed by atoms with Gasteiger partial charge in [0, 0.05) is 18.5 Å². The summed E-state index contributed by atoms with van der Waals surface area (Å²) in [5.74, 6) is -0.220. The number of nitrogens with zero attached hydrogens (tertiary/aromatic N) is 1. The van der Waals surface area contributed by atoms with Crippen LogP contribution in [0.1, 0.15) is 0 Å². The highest BCUT2D eigenvalue weighted by atomic mass is 16.3. The number of hydrogen-bond acceptors (Lipinski definition) is 3. The summed E-state index contributed by atoms with van der Waals surface area (Å²) in [6.07, 6.45) is 0. The van der Waals surface area contributed by atoms with Crippen LogP contribution in [-0.2, 0) is 7.05 Å². The minimum absolute atomic E-state index is 0.102. The highest BCUT2D eigenvalue weighted by Gasteiger charge is 2.12. The van der Waals surface area contributed by atoms with Gasteiger partial charge in [0.2, 0.25) is 0 Å². The summed E-state index contributed by atoms with van der Waals surface area (Å²) in [5.41, 5.74) is 0.984. The molecule has 0 aliphatic carbocycles. The van der Waals surface area contributed by atoms with Gasteiger partial charge in [-0.15, -0.1) is 0 Å². The summed E-state index contributed by atoms with van der Waals surface area (Å²) in [6, 6.07) is 9.80. The monoisotopic (exact) mass is 241 g/mol. The Morgan fingerprint density at radius 1 is 1.06 bits per heavy atom. The Bertz CT molecular complexity index is 834. The first kappa shape index (κ1) is 10.7. The molecule has 0 atom stereocenters. The fourth-order valence-electron chi connectivity index (χ4n) is 2.35. The Labute approximate surface area is 102 Å². The van der Waals surface area contributed by atoms with Crippen molar-refractivity contribution in [2.45, 2.75) is 0 Å². The molecule has 4 heteroatoms. The van der Waals surface area contributed by atoms with Crippen LogP contribution in [0.3, 0.4) is 0 Å². The Morgan fingerprint density at radius 2 is 1.78 bits per heavy atom. The molecule has 3 rings (SSSR count). The van der Waals surface area contributed by atoms with Gasteiger partial charge in [-0.2, -0.15) is 0 Å².